The zero-order valence-electron chi connectivity index (χ0n) is 17.6. The van der Waals surface area contributed by atoms with Crippen molar-refractivity contribution in [3.05, 3.63) is 59.2 Å². The number of rotatable bonds is 8. The lowest BCUT2D eigenvalue weighted by Crippen LogP contribution is -2.35. The number of hydrogen-bond donors (Lipinski definition) is 3. The number of hydrogen-bond acceptors (Lipinski definition) is 5. The predicted molar refractivity (Wildman–Crippen MR) is 125 cm³/mol. The summed E-state index contributed by atoms with van der Waals surface area (Å²) in [5, 5.41) is 10.5. The molecule has 0 aromatic heterocycles. The molecule has 0 bridgehead atoms. The van der Waals surface area contributed by atoms with E-state index < -0.39 is 0 Å². The van der Waals surface area contributed by atoms with E-state index in [1.807, 2.05) is 47.4 Å². The second kappa shape index (κ2) is 11.4. The van der Waals surface area contributed by atoms with Crippen LogP contribution in [0.5, 0.6) is 0 Å². The Morgan fingerprint density at radius 2 is 1.94 bits per heavy atom. The van der Waals surface area contributed by atoms with Gasteiger partial charge in [0.2, 0.25) is 5.91 Å². The number of ether oxygens (including phenoxy) is 1. The van der Waals surface area contributed by atoms with Gasteiger partial charge in [-0.3, -0.25) is 15.0 Å². The molecule has 0 saturated carbocycles. The average Bonchev–Trinajstić information content (AvgIpc) is 2.76. The largest absolute Gasteiger partial charge is 0.465 e. The number of benzene rings is 2. The van der Waals surface area contributed by atoms with E-state index in [1.165, 1.54) is 0 Å². The number of nitrogens with zero attached hydrogens (tertiary/aromatic N) is 1. The molecule has 8 heteroatoms. The Hall–Kier alpha value is -3.06. The molecule has 7 nitrogen and oxygen atoms in total. The number of fused-ring (bicyclic) bond motifs is 1. The summed E-state index contributed by atoms with van der Waals surface area (Å²) in [4.78, 5) is 26.3. The Labute approximate surface area is 188 Å². The second-order valence-electron chi connectivity index (χ2n) is 7.26. The molecule has 1 heterocycles. The second-order valence-corrected chi connectivity index (χ2v) is 7.26. The fourth-order valence-corrected chi connectivity index (χ4v) is 3.59. The van der Waals surface area contributed by atoms with Gasteiger partial charge in [-0.15, -0.1) is 12.4 Å². The number of amidine groups is 1. The van der Waals surface area contributed by atoms with Crippen LogP contribution in [0.15, 0.2) is 42.5 Å². The molecular weight excluding hydrogens is 416 g/mol. The normalized spacial score (nSPS) is 12.4. The van der Waals surface area contributed by atoms with Gasteiger partial charge in [-0.2, -0.15) is 0 Å². The van der Waals surface area contributed by atoms with Gasteiger partial charge in [-0.1, -0.05) is 24.3 Å². The topological polar surface area (TPSA) is 109 Å². The lowest BCUT2D eigenvalue weighted by Gasteiger charge is -2.30. The molecule has 1 amide bonds. The monoisotopic (exact) mass is 444 g/mol. The number of nitrogens with two attached hydrogens (primary N) is 1. The van der Waals surface area contributed by atoms with E-state index in [4.69, 9.17) is 15.9 Å². The van der Waals surface area contributed by atoms with Crippen LogP contribution in [-0.4, -0.2) is 37.4 Å². The maximum absolute atomic E-state index is 12.9. The van der Waals surface area contributed by atoms with E-state index in [-0.39, 0.29) is 36.7 Å². The highest BCUT2D eigenvalue weighted by atomic mass is 35.5. The number of nitrogens with one attached hydrogen (secondary N) is 2. The molecule has 0 radical (unpaired) electrons. The van der Waals surface area contributed by atoms with Crippen molar-refractivity contribution in [1.82, 2.24) is 0 Å². The molecule has 0 saturated heterocycles. The number of esters is 1. The van der Waals surface area contributed by atoms with Gasteiger partial charge >= 0.3 is 5.97 Å². The van der Waals surface area contributed by atoms with Crippen LogP contribution in [0.1, 0.15) is 36.5 Å². The molecule has 2 aromatic carbocycles. The smallest absolute Gasteiger partial charge is 0.325 e. The highest BCUT2D eigenvalue weighted by Crippen LogP contribution is 2.30. The van der Waals surface area contributed by atoms with Crippen molar-refractivity contribution in [2.75, 3.05) is 29.9 Å². The van der Waals surface area contributed by atoms with E-state index in [0.717, 1.165) is 35.3 Å². The van der Waals surface area contributed by atoms with E-state index in [1.54, 1.807) is 6.92 Å². The van der Waals surface area contributed by atoms with E-state index in [9.17, 15) is 9.59 Å². The average molecular weight is 445 g/mol. The van der Waals surface area contributed by atoms with Gasteiger partial charge in [0.05, 0.1) is 6.61 Å². The van der Waals surface area contributed by atoms with Gasteiger partial charge in [0.25, 0.3) is 0 Å². The quantitative estimate of drug-likeness (QED) is 0.329. The van der Waals surface area contributed by atoms with Gasteiger partial charge < -0.3 is 20.7 Å². The van der Waals surface area contributed by atoms with Crippen molar-refractivity contribution >= 4 is 41.5 Å². The van der Waals surface area contributed by atoms with Crippen molar-refractivity contribution < 1.29 is 14.3 Å². The first-order valence-electron chi connectivity index (χ1n) is 10.2. The Morgan fingerprint density at radius 1 is 1.19 bits per heavy atom. The number of amides is 1. The minimum atomic E-state index is -0.289. The third-order valence-corrected chi connectivity index (χ3v) is 5.13. The van der Waals surface area contributed by atoms with Crippen molar-refractivity contribution in [2.24, 2.45) is 5.73 Å². The zero-order chi connectivity index (χ0) is 21.5. The number of carbonyl (C=O) groups is 2. The van der Waals surface area contributed by atoms with Crippen molar-refractivity contribution in [1.29, 1.82) is 5.41 Å². The predicted octanol–water partition coefficient (Wildman–Crippen LogP) is 3.28. The van der Waals surface area contributed by atoms with Crippen molar-refractivity contribution in [3.8, 4) is 0 Å². The first kappa shape index (κ1) is 24.2. The van der Waals surface area contributed by atoms with Gasteiger partial charge in [0.15, 0.2) is 0 Å². The molecule has 1 aliphatic rings. The Bertz CT molecular complexity index is 931. The van der Waals surface area contributed by atoms with Crippen molar-refractivity contribution in [3.63, 3.8) is 0 Å². The molecule has 1 aliphatic heterocycles. The van der Waals surface area contributed by atoms with Crippen LogP contribution in [0, 0.1) is 5.41 Å². The fourth-order valence-electron chi connectivity index (χ4n) is 3.59. The van der Waals surface area contributed by atoms with Crippen LogP contribution >= 0.6 is 12.4 Å². The molecule has 0 atom stereocenters. The highest BCUT2D eigenvalue weighted by Gasteiger charge is 2.22. The zero-order valence-corrected chi connectivity index (χ0v) is 18.5. The van der Waals surface area contributed by atoms with E-state index in [0.29, 0.717) is 31.6 Å². The highest BCUT2D eigenvalue weighted by molar-refractivity contribution is 5.96. The molecule has 0 fully saturated rings. The minimum absolute atomic E-state index is 0. The molecule has 0 aliphatic carbocycles. The number of nitrogen functional groups attached to an aromatic ring is 1. The SMILES string of the molecule is CCOC(=O)CNc1ccc2c(c1)CCCN2C(=O)CCc1ccc(C(=N)N)cc1.Cl. The molecule has 31 heavy (non-hydrogen) atoms. The molecule has 0 unspecified atom stereocenters. The third kappa shape index (κ3) is 6.46. The Morgan fingerprint density at radius 3 is 2.61 bits per heavy atom. The van der Waals surface area contributed by atoms with Crippen LogP contribution < -0.4 is 16.0 Å². The summed E-state index contributed by atoms with van der Waals surface area (Å²) in [6, 6.07) is 13.3. The molecule has 0 spiro atoms. The van der Waals surface area contributed by atoms with Gasteiger partial charge in [-0.05, 0) is 55.5 Å². The van der Waals surface area contributed by atoms with Crippen LogP contribution in [0.2, 0.25) is 0 Å². The molecule has 4 N–H and O–H groups in total. The summed E-state index contributed by atoms with van der Waals surface area (Å²) in [7, 11) is 0. The summed E-state index contributed by atoms with van der Waals surface area (Å²) in [5.41, 5.74) is 10.1. The summed E-state index contributed by atoms with van der Waals surface area (Å²) in [6.07, 6.45) is 2.87. The van der Waals surface area contributed by atoms with Crippen LogP contribution in [-0.2, 0) is 27.2 Å². The maximum Gasteiger partial charge on any atom is 0.325 e. The number of aryl methyl sites for hydroxylation is 2. The van der Waals surface area contributed by atoms with Crippen LogP contribution in [0.3, 0.4) is 0 Å². The van der Waals surface area contributed by atoms with E-state index in [2.05, 4.69) is 5.32 Å². The fraction of sp³-hybridized carbons (Fsp3) is 0.348. The lowest BCUT2D eigenvalue weighted by atomic mass is 9.99. The van der Waals surface area contributed by atoms with Gasteiger partial charge in [0.1, 0.15) is 12.4 Å². The standard InChI is InChI=1S/C23H28N4O3.ClH/c1-2-30-22(29)15-26-19-10-11-20-18(14-19)4-3-13-27(20)21(28)12-7-16-5-8-17(9-6-16)23(24)25;/h5-6,8-11,14,26H,2-4,7,12-13,15H2,1H3,(H3,24,25);1H. The van der Waals surface area contributed by atoms with E-state index >= 15 is 0 Å². The van der Waals surface area contributed by atoms with Crippen LogP contribution in [0.4, 0.5) is 11.4 Å². The summed E-state index contributed by atoms with van der Waals surface area (Å²) >= 11 is 0. The molecule has 3 rings (SSSR count). The summed E-state index contributed by atoms with van der Waals surface area (Å²) < 4.78 is 4.94. The number of halogens is 1. The Balaban J connectivity index is 0.00000341. The summed E-state index contributed by atoms with van der Waals surface area (Å²) in [6.45, 7) is 2.98. The molecular formula is C23H29ClN4O3. The van der Waals surface area contributed by atoms with Gasteiger partial charge in [-0.25, -0.2) is 0 Å². The Kier molecular flexibility index (Phi) is 8.88. The summed E-state index contributed by atoms with van der Waals surface area (Å²) in [5.74, 6) is -0.152. The number of carbonyl (C=O) groups excluding carboxylic acids is 2. The van der Waals surface area contributed by atoms with Crippen LogP contribution in [0.25, 0.3) is 0 Å². The van der Waals surface area contributed by atoms with Crippen molar-refractivity contribution in [2.45, 2.75) is 32.6 Å². The number of anilines is 2. The first-order valence-corrected chi connectivity index (χ1v) is 10.2. The maximum atomic E-state index is 12.9. The molecule has 166 valence electrons. The lowest BCUT2D eigenvalue weighted by molar-refractivity contribution is -0.140. The van der Waals surface area contributed by atoms with Gasteiger partial charge in [0, 0.05) is 29.9 Å². The first-order chi connectivity index (χ1) is 14.5. The molecule has 2 aromatic rings. The third-order valence-electron chi connectivity index (χ3n) is 5.13. The minimum Gasteiger partial charge on any atom is -0.465 e.